The highest BCUT2D eigenvalue weighted by atomic mass is 16.3. The van der Waals surface area contributed by atoms with E-state index in [4.69, 9.17) is 0 Å². The number of amides is 1. The van der Waals surface area contributed by atoms with E-state index >= 15 is 0 Å². The van der Waals surface area contributed by atoms with Crippen molar-refractivity contribution in [3.05, 3.63) is 0 Å². The SMILES string of the molecule is CN(C)C(=O)C(=O)C1(O)CC1. The molecule has 0 atom stereocenters. The molecular weight excluding hydrogens is 146 g/mol. The predicted octanol–water partition coefficient (Wildman–Crippen LogP) is -0.831. The largest absolute Gasteiger partial charge is 0.381 e. The van der Waals surface area contributed by atoms with E-state index in [2.05, 4.69) is 0 Å². The number of carbonyl (C=O) groups excluding carboxylic acids is 2. The van der Waals surface area contributed by atoms with Crippen molar-refractivity contribution in [3.8, 4) is 0 Å². The van der Waals surface area contributed by atoms with Gasteiger partial charge in [-0.1, -0.05) is 0 Å². The van der Waals surface area contributed by atoms with E-state index < -0.39 is 17.3 Å². The zero-order valence-electron chi connectivity index (χ0n) is 6.63. The molecule has 0 aromatic heterocycles. The monoisotopic (exact) mass is 157 g/mol. The molecule has 1 saturated carbocycles. The summed E-state index contributed by atoms with van der Waals surface area (Å²) in [6.07, 6.45) is 0.844. The summed E-state index contributed by atoms with van der Waals surface area (Å²) in [5.74, 6) is -1.30. The van der Waals surface area contributed by atoms with Crippen molar-refractivity contribution in [2.45, 2.75) is 18.4 Å². The molecule has 1 aliphatic rings. The molecule has 1 rings (SSSR count). The van der Waals surface area contributed by atoms with Gasteiger partial charge in [0.25, 0.3) is 11.7 Å². The molecule has 4 nitrogen and oxygen atoms in total. The van der Waals surface area contributed by atoms with Crippen LogP contribution in [0.25, 0.3) is 0 Å². The molecule has 62 valence electrons. The lowest BCUT2D eigenvalue weighted by atomic mass is 10.2. The minimum Gasteiger partial charge on any atom is -0.381 e. The van der Waals surface area contributed by atoms with Gasteiger partial charge < -0.3 is 10.0 Å². The highest BCUT2D eigenvalue weighted by molar-refractivity contribution is 6.39. The Labute approximate surface area is 64.8 Å². The van der Waals surface area contributed by atoms with Crippen LogP contribution < -0.4 is 0 Å². The van der Waals surface area contributed by atoms with Crippen LogP contribution >= 0.6 is 0 Å². The molecule has 4 heteroatoms. The molecule has 0 spiro atoms. The Kier molecular flexibility index (Phi) is 1.72. The van der Waals surface area contributed by atoms with Crippen molar-refractivity contribution in [2.24, 2.45) is 0 Å². The number of ketones is 1. The summed E-state index contributed by atoms with van der Waals surface area (Å²) < 4.78 is 0. The molecule has 1 amide bonds. The number of rotatable bonds is 2. The van der Waals surface area contributed by atoms with Crippen molar-refractivity contribution >= 4 is 11.7 Å². The number of Topliss-reactive ketones (excluding diaryl/α,β-unsaturated/α-hetero) is 1. The third-order valence-corrected chi connectivity index (χ3v) is 1.75. The van der Waals surface area contributed by atoms with Crippen molar-refractivity contribution in [2.75, 3.05) is 14.1 Å². The molecule has 0 heterocycles. The van der Waals surface area contributed by atoms with Gasteiger partial charge in [0, 0.05) is 14.1 Å². The maximum absolute atomic E-state index is 11.0. The van der Waals surface area contributed by atoms with Crippen molar-refractivity contribution in [3.63, 3.8) is 0 Å². The van der Waals surface area contributed by atoms with Crippen molar-refractivity contribution < 1.29 is 14.7 Å². The average Bonchev–Trinajstić information content (AvgIpc) is 2.66. The fourth-order valence-corrected chi connectivity index (χ4v) is 0.748. The maximum atomic E-state index is 11.0. The van der Waals surface area contributed by atoms with Gasteiger partial charge in [0.15, 0.2) is 0 Å². The zero-order valence-corrected chi connectivity index (χ0v) is 6.63. The first-order valence-electron chi connectivity index (χ1n) is 3.46. The number of aliphatic hydroxyl groups is 1. The molecule has 0 aromatic carbocycles. The van der Waals surface area contributed by atoms with E-state index in [0.717, 1.165) is 0 Å². The summed E-state index contributed by atoms with van der Waals surface area (Å²) in [6, 6.07) is 0. The molecular formula is C7H11NO3. The normalized spacial score (nSPS) is 19.2. The summed E-state index contributed by atoms with van der Waals surface area (Å²) in [7, 11) is 2.98. The Hall–Kier alpha value is -0.900. The Balaban J connectivity index is 2.62. The van der Waals surface area contributed by atoms with E-state index in [0.29, 0.717) is 12.8 Å². The van der Waals surface area contributed by atoms with Gasteiger partial charge in [0.1, 0.15) is 5.60 Å². The van der Waals surface area contributed by atoms with Gasteiger partial charge in [-0.2, -0.15) is 0 Å². The first-order valence-corrected chi connectivity index (χ1v) is 3.46. The van der Waals surface area contributed by atoms with Crippen LogP contribution in [0.4, 0.5) is 0 Å². The van der Waals surface area contributed by atoms with Crippen LogP contribution in [0, 0.1) is 0 Å². The minimum absolute atomic E-state index is 0.422. The molecule has 0 bridgehead atoms. The van der Waals surface area contributed by atoms with Crippen LogP contribution in [0.2, 0.25) is 0 Å². The first kappa shape index (κ1) is 8.20. The lowest BCUT2D eigenvalue weighted by molar-refractivity contribution is -0.148. The minimum atomic E-state index is -1.32. The lowest BCUT2D eigenvalue weighted by Gasteiger charge is -2.11. The molecule has 0 radical (unpaired) electrons. The van der Waals surface area contributed by atoms with E-state index in [9.17, 15) is 14.7 Å². The van der Waals surface area contributed by atoms with Crippen LogP contribution in [0.1, 0.15) is 12.8 Å². The van der Waals surface area contributed by atoms with Gasteiger partial charge >= 0.3 is 0 Å². The van der Waals surface area contributed by atoms with Gasteiger partial charge in [-0.25, -0.2) is 0 Å². The Morgan fingerprint density at radius 3 is 2.09 bits per heavy atom. The fourth-order valence-electron chi connectivity index (χ4n) is 0.748. The molecule has 0 aliphatic heterocycles. The van der Waals surface area contributed by atoms with E-state index in [1.165, 1.54) is 19.0 Å². The third-order valence-electron chi connectivity index (χ3n) is 1.75. The summed E-state index contributed by atoms with van der Waals surface area (Å²) in [4.78, 5) is 23.2. The molecule has 0 unspecified atom stereocenters. The highest BCUT2D eigenvalue weighted by Crippen LogP contribution is 2.36. The second-order valence-electron chi connectivity index (χ2n) is 3.06. The van der Waals surface area contributed by atoms with E-state index in [1.807, 2.05) is 0 Å². The predicted molar refractivity (Wildman–Crippen MR) is 37.9 cm³/mol. The Morgan fingerprint density at radius 1 is 1.36 bits per heavy atom. The number of hydrogen-bond donors (Lipinski definition) is 1. The second-order valence-corrected chi connectivity index (χ2v) is 3.06. The smallest absolute Gasteiger partial charge is 0.292 e. The third kappa shape index (κ3) is 1.40. The standard InChI is InChI=1S/C7H11NO3/c1-8(2)6(10)5(9)7(11)3-4-7/h11H,3-4H2,1-2H3. The summed E-state index contributed by atoms with van der Waals surface area (Å²) in [5, 5.41) is 9.22. The van der Waals surface area contributed by atoms with Crippen LogP contribution in [0.15, 0.2) is 0 Å². The molecule has 1 fully saturated rings. The van der Waals surface area contributed by atoms with E-state index in [-0.39, 0.29) is 0 Å². The average molecular weight is 157 g/mol. The van der Waals surface area contributed by atoms with Crippen LogP contribution in [-0.4, -0.2) is 41.4 Å². The van der Waals surface area contributed by atoms with Gasteiger partial charge in [-0.05, 0) is 12.8 Å². The first-order chi connectivity index (χ1) is 4.97. The fraction of sp³-hybridized carbons (Fsp3) is 0.714. The van der Waals surface area contributed by atoms with Gasteiger partial charge in [0.2, 0.25) is 0 Å². The summed E-state index contributed by atoms with van der Waals surface area (Å²) in [5.41, 5.74) is -1.32. The highest BCUT2D eigenvalue weighted by Gasteiger charge is 2.51. The maximum Gasteiger partial charge on any atom is 0.292 e. The van der Waals surface area contributed by atoms with Gasteiger partial charge in [-0.3, -0.25) is 9.59 Å². The number of hydrogen-bond acceptors (Lipinski definition) is 3. The van der Waals surface area contributed by atoms with Gasteiger partial charge in [0.05, 0.1) is 0 Å². The Bertz CT molecular complexity index is 206. The van der Waals surface area contributed by atoms with Crippen LogP contribution in [-0.2, 0) is 9.59 Å². The molecule has 1 N–H and O–H groups in total. The quantitative estimate of drug-likeness (QED) is 0.532. The number of likely N-dealkylation sites (N-methyl/N-ethyl adjacent to an activating group) is 1. The number of carbonyl (C=O) groups is 2. The molecule has 11 heavy (non-hydrogen) atoms. The molecule has 0 saturated heterocycles. The summed E-state index contributed by atoms with van der Waals surface area (Å²) >= 11 is 0. The number of nitrogens with zero attached hydrogens (tertiary/aromatic N) is 1. The molecule has 1 aliphatic carbocycles. The topological polar surface area (TPSA) is 57.6 Å². The van der Waals surface area contributed by atoms with Gasteiger partial charge in [-0.15, -0.1) is 0 Å². The van der Waals surface area contributed by atoms with Crippen LogP contribution in [0.5, 0.6) is 0 Å². The van der Waals surface area contributed by atoms with Crippen molar-refractivity contribution in [1.29, 1.82) is 0 Å². The Morgan fingerprint density at radius 2 is 1.82 bits per heavy atom. The van der Waals surface area contributed by atoms with Crippen molar-refractivity contribution in [1.82, 2.24) is 4.90 Å². The second kappa shape index (κ2) is 2.30. The lowest BCUT2D eigenvalue weighted by Crippen LogP contribution is -2.38. The van der Waals surface area contributed by atoms with Crippen LogP contribution in [0.3, 0.4) is 0 Å². The van der Waals surface area contributed by atoms with E-state index in [1.54, 1.807) is 0 Å². The zero-order chi connectivity index (χ0) is 8.65. The summed E-state index contributed by atoms with van der Waals surface area (Å²) in [6.45, 7) is 0. The molecule has 0 aromatic rings.